The number of aryl methyl sites for hydroxylation is 2. The fourth-order valence-electron chi connectivity index (χ4n) is 3.63. The first-order valence-corrected chi connectivity index (χ1v) is 10.6. The Hall–Kier alpha value is -3.00. The van der Waals surface area contributed by atoms with E-state index in [0.29, 0.717) is 41.4 Å². The minimum Gasteiger partial charge on any atom is -0.487 e. The summed E-state index contributed by atoms with van der Waals surface area (Å²) in [6, 6.07) is 8.20. The summed E-state index contributed by atoms with van der Waals surface area (Å²) >= 11 is 1.32. The van der Waals surface area contributed by atoms with Crippen molar-refractivity contribution in [2.24, 2.45) is 0 Å². The van der Waals surface area contributed by atoms with E-state index in [1.54, 1.807) is 16.8 Å². The largest absolute Gasteiger partial charge is 0.487 e. The lowest BCUT2D eigenvalue weighted by Gasteiger charge is -2.13. The highest BCUT2D eigenvalue weighted by Gasteiger charge is 2.28. The Bertz CT molecular complexity index is 1130. The van der Waals surface area contributed by atoms with Crippen LogP contribution in [0.1, 0.15) is 45.3 Å². The number of ketones is 1. The van der Waals surface area contributed by atoms with Gasteiger partial charge < -0.3 is 10.1 Å². The van der Waals surface area contributed by atoms with Gasteiger partial charge in [0.05, 0.1) is 17.1 Å². The quantitative estimate of drug-likeness (QED) is 0.603. The summed E-state index contributed by atoms with van der Waals surface area (Å²) in [5.41, 5.74) is 2.69. The molecule has 156 valence electrons. The van der Waals surface area contributed by atoms with E-state index in [4.69, 9.17) is 4.74 Å². The molecule has 1 amide bonds. The van der Waals surface area contributed by atoms with Gasteiger partial charge in [-0.2, -0.15) is 5.10 Å². The van der Waals surface area contributed by atoms with Crippen molar-refractivity contribution < 1.29 is 18.7 Å². The average molecular weight is 428 g/mol. The molecule has 8 heteroatoms. The number of rotatable bonds is 6. The first kappa shape index (κ1) is 20.3. The second-order valence-corrected chi connectivity index (χ2v) is 8.39. The van der Waals surface area contributed by atoms with Gasteiger partial charge in [0.2, 0.25) is 0 Å². The van der Waals surface area contributed by atoms with Crippen molar-refractivity contribution in [3.63, 3.8) is 0 Å². The Kier molecular flexibility index (Phi) is 5.42. The van der Waals surface area contributed by atoms with Gasteiger partial charge in [0.15, 0.2) is 5.78 Å². The van der Waals surface area contributed by atoms with Crippen molar-refractivity contribution in [1.29, 1.82) is 0 Å². The van der Waals surface area contributed by atoms with Gasteiger partial charge in [-0.25, -0.2) is 4.39 Å². The second-order valence-electron chi connectivity index (χ2n) is 7.30. The number of carbonyl (C=O) groups is 2. The predicted molar refractivity (Wildman–Crippen MR) is 113 cm³/mol. The lowest BCUT2D eigenvalue weighted by molar-refractivity contribution is 0.0922. The van der Waals surface area contributed by atoms with Gasteiger partial charge in [0.1, 0.15) is 23.4 Å². The number of hydrogen-bond acceptors (Lipinski definition) is 5. The SMILES string of the molecule is CCn1nc(C)cc1C(=O)NC[C@@H]1Cc2cc(F)cc(-c3ccc(C(C)=O)s3)c2O1. The zero-order chi connectivity index (χ0) is 21.4. The first-order chi connectivity index (χ1) is 14.4. The summed E-state index contributed by atoms with van der Waals surface area (Å²) < 4.78 is 22.0. The Morgan fingerprint density at radius 3 is 2.83 bits per heavy atom. The number of thiophene rings is 1. The van der Waals surface area contributed by atoms with E-state index in [1.165, 1.54) is 30.4 Å². The number of fused-ring (bicyclic) bond motifs is 1. The van der Waals surface area contributed by atoms with E-state index in [-0.39, 0.29) is 23.6 Å². The molecule has 0 radical (unpaired) electrons. The molecule has 3 aromatic rings. The topological polar surface area (TPSA) is 73.2 Å². The molecule has 0 unspecified atom stereocenters. The number of amides is 1. The number of nitrogens with one attached hydrogen (secondary N) is 1. The molecule has 0 bridgehead atoms. The number of carbonyl (C=O) groups excluding carboxylic acids is 2. The molecule has 30 heavy (non-hydrogen) atoms. The van der Waals surface area contributed by atoms with Crippen LogP contribution in [0.3, 0.4) is 0 Å². The van der Waals surface area contributed by atoms with Gasteiger partial charge in [-0.15, -0.1) is 11.3 Å². The van der Waals surface area contributed by atoms with Gasteiger partial charge >= 0.3 is 0 Å². The Balaban J connectivity index is 1.50. The van der Waals surface area contributed by atoms with Crippen molar-refractivity contribution in [1.82, 2.24) is 15.1 Å². The molecular weight excluding hydrogens is 405 g/mol. The highest BCUT2D eigenvalue weighted by Crippen LogP contribution is 2.42. The van der Waals surface area contributed by atoms with E-state index in [0.717, 1.165) is 16.1 Å². The normalized spacial score (nSPS) is 15.0. The van der Waals surface area contributed by atoms with Gasteiger partial charge in [-0.3, -0.25) is 14.3 Å². The molecule has 3 heterocycles. The standard InChI is InChI=1S/C22H22FN3O3S/c1-4-26-18(7-12(2)25-26)22(28)24-11-16-9-14-8-15(23)10-17(21(14)29-16)20-6-5-19(30-20)13(3)27/h5-8,10,16H,4,9,11H2,1-3H3,(H,24,28)/t16-/m0/s1. The zero-order valence-corrected chi connectivity index (χ0v) is 17.8. The summed E-state index contributed by atoms with van der Waals surface area (Å²) in [7, 11) is 0. The molecule has 0 spiro atoms. The maximum Gasteiger partial charge on any atom is 0.269 e. The molecule has 1 aromatic carbocycles. The van der Waals surface area contributed by atoms with E-state index in [2.05, 4.69) is 10.4 Å². The van der Waals surface area contributed by atoms with Crippen LogP contribution in [0.15, 0.2) is 30.3 Å². The number of nitrogens with zero attached hydrogens (tertiary/aromatic N) is 2. The summed E-state index contributed by atoms with van der Waals surface area (Å²) in [4.78, 5) is 25.6. The third-order valence-electron chi connectivity index (χ3n) is 5.01. The van der Waals surface area contributed by atoms with Crippen molar-refractivity contribution in [3.8, 4) is 16.2 Å². The molecule has 0 saturated heterocycles. The number of ether oxygens (including phenoxy) is 1. The van der Waals surface area contributed by atoms with Crippen molar-refractivity contribution in [2.45, 2.75) is 39.8 Å². The van der Waals surface area contributed by atoms with Crippen LogP contribution in [-0.2, 0) is 13.0 Å². The van der Waals surface area contributed by atoms with Crippen LogP contribution in [0.5, 0.6) is 5.75 Å². The van der Waals surface area contributed by atoms with Crippen molar-refractivity contribution >= 4 is 23.0 Å². The molecule has 2 aromatic heterocycles. The highest BCUT2D eigenvalue weighted by molar-refractivity contribution is 7.17. The molecule has 0 fully saturated rings. The van der Waals surface area contributed by atoms with Gasteiger partial charge in [-0.05, 0) is 51.1 Å². The third-order valence-corrected chi connectivity index (χ3v) is 6.23. The molecular formula is C22H22FN3O3S. The summed E-state index contributed by atoms with van der Waals surface area (Å²) in [5.74, 6) is 0.0225. The lowest BCUT2D eigenvalue weighted by Crippen LogP contribution is -2.35. The molecule has 1 atom stereocenters. The smallest absolute Gasteiger partial charge is 0.269 e. The van der Waals surface area contributed by atoms with Crippen molar-refractivity contribution in [3.05, 3.63) is 58.0 Å². The predicted octanol–water partition coefficient (Wildman–Crippen LogP) is 4.02. The van der Waals surface area contributed by atoms with Gasteiger partial charge in [-0.1, -0.05) is 0 Å². The molecule has 1 N–H and O–H groups in total. The maximum atomic E-state index is 14.2. The van der Waals surface area contributed by atoms with Gasteiger partial charge in [0, 0.05) is 29.0 Å². The summed E-state index contributed by atoms with van der Waals surface area (Å²) in [6.07, 6.45) is 0.202. The van der Waals surface area contributed by atoms with E-state index >= 15 is 0 Å². The van der Waals surface area contributed by atoms with Gasteiger partial charge in [0.25, 0.3) is 5.91 Å². The van der Waals surface area contributed by atoms with Crippen LogP contribution >= 0.6 is 11.3 Å². The van der Waals surface area contributed by atoms with E-state index in [1.807, 2.05) is 19.9 Å². The number of halogens is 1. The van der Waals surface area contributed by atoms with Crippen LogP contribution in [-0.4, -0.2) is 34.1 Å². The van der Waals surface area contributed by atoms with Crippen LogP contribution in [0.4, 0.5) is 4.39 Å². The lowest BCUT2D eigenvalue weighted by atomic mass is 10.0. The minimum atomic E-state index is -0.350. The Morgan fingerprint density at radius 1 is 1.33 bits per heavy atom. The molecule has 0 saturated carbocycles. The zero-order valence-electron chi connectivity index (χ0n) is 17.0. The average Bonchev–Trinajstić information content (AvgIpc) is 3.42. The fraction of sp³-hybridized carbons (Fsp3) is 0.318. The van der Waals surface area contributed by atoms with E-state index in [9.17, 15) is 14.0 Å². The first-order valence-electron chi connectivity index (χ1n) is 9.78. The summed E-state index contributed by atoms with van der Waals surface area (Å²) in [6.45, 7) is 6.18. The monoisotopic (exact) mass is 427 g/mol. The Morgan fingerprint density at radius 2 is 2.13 bits per heavy atom. The van der Waals surface area contributed by atoms with Crippen molar-refractivity contribution in [2.75, 3.05) is 6.54 Å². The molecule has 1 aliphatic heterocycles. The van der Waals surface area contributed by atoms with Crippen LogP contribution in [0.25, 0.3) is 10.4 Å². The number of aromatic nitrogens is 2. The van der Waals surface area contributed by atoms with Crippen LogP contribution in [0, 0.1) is 12.7 Å². The van der Waals surface area contributed by atoms with Crippen LogP contribution < -0.4 is 10.1 Å². The number of benzene rings is 1. The Labute approximate surface area is 177 Å². The maximum absolute atomic E-state index is 14.2. The van der Waals surface area contributed by atoms with Crippen LogP contribution in [0.2, 0.25) is 0 Å². The molecule has 0 aliphatic carbocycles. The third kappa shape index (κ3) is 3.87. The molecule has 6 nitrogen and oxygen atoms in total. The fourth-order valence-corrected chi connectivity index (χ4v) is 4.54. The second kappa shape index (κ2) is 8.02. The van der Waals surface area contributed by atoms with E-state index < -0.39 is 0 Å². The molecule has 1 aliphatic rings. The number of hydrogen-bond donors (Lipinski definition) is 1. The minimum absolute atomic E-state index is 0.0256. The summed E-state index contributed by atoms with van der Waals surface area (Å²) in [5, 5.41) is 7.19. The highest BCUT2D eigenvalue weighted by atomic mass is 32.1. The number of Topliss-reactive ketones (excluding diaryl/α,β-unsaturated/α-hetero) is 1. The molecule has 4 rings (SSSR count).